The molecule has 1 amide bonds. The number of hydrogen-bond donors (Lipinski definition) is 4. The fraction of sp³-hybridized carbons (Fsp3) is 0.794. The van der Waals surface area contributed by atoms with Gasteiger partial charge in [0.05, 0.1) is 26.4 Å². The topological polar surface area (TPSA) is 103 Å². The van der Waals surface area contributed by atoms with Crippen LogP contribution in [0.4, 0.5) is 5.69 Å². The predicted molar refractivity (Wildman–Crippen MR) is 174 cm³/mol. The summed E-state index contributed by atoms with van der Waals surface area (Å²) in [6.07, 6.45) is 18.8. The molecule has 0 aromatic heterocycles. The van der Waals surface area contributed by atoms with Crippen LogP contribution >= 0.6 is 0 Å². The summed E-state index contributed by atoms with van der Waals surface area (Å²) in [4.78, 5) is 14.2. The van der Waals surface area contributed by atoms with E-state index in [1.807, 2.05) is 0 Å². The average molecular weight is 594 g/mol. The molecule has 0 aliphatic heterocycles. The van der Waals surface area contributed by atoms with E-state index in [-0.39, 0.29) is 19.1 Å². The molecule has 0 radical (unpaired) electrons. The van der Waals surface area contributed by atoms with Gasteiger partial charge in [-0.1, -0.05) is 82.4 Å². The van der Waals surface area contributed by atoms with E-state index in [1.54, 1.807) is 0 Å². The summed E-state index contributed by atoms with van der Waals surface area (Å²) in [5.74, 6) is 0.102. The number of nitrogens with zero attached hydrogens (tertiary/aromatic N) is 1. The van der Waals surface area contributed by atoms with Crippen molar-refractivity contribution in [1.29, 1.82) is 0 Å². The van der Waals surface area contributed by atoms with Gasteiger partial charge in [-0.3, -0.25) is 4.79 Å². The smallest absolute Gasteiger partial charge is 0.220 e. The molecule has 0 heterocycles. The summed E-state index contributed by atoms with van der Waals surface area (Å²) < 4.78 is 10.8. The van der Waals surface area contributed by atoms with Crippen LogP contribution < -0.4 is 15.5 Å². The van der Waals surface area contributed by atoms with Crippen molar-refractivity contribution in [3.63, 3.8) is 0 Å². The normalized spacial score (nSPS) is 11.2. The van der Waals surface area contributed by atoms with Crippen molar-refractivity contribution in [3.05, 3.63) is 30.3 Å². The summed E-state index contributed by atoms with van der Waals surface area (Å²) in [6, 6.07) is 10.6. The Bertz CT molecular complexity index is 695. The number of para-hydroxylation sites is 1. The second kappa shape index (κ2) is 30.7. The van der Waals surface area contributed by atoms with Gasteiger partial charge in [0.25, 0.3) is 0 Å². The predicted octanol–water partition coefficient (Wildman–Crippen LogP) is 5.46. The minimum absolute atomic E-state index is 0.0227. The number of anilines is 1. The second-order valence-corrected chi connectivity index (χ2v) is 11.1. The van der Waals surface area contributed by atoms with E-state index >= 15 is 0 Å². The van der Waals surface area contributed by atoms with Crippen molar-refractivity contribution in [2.24, 2.45) is 0 Å². The molecule has 1 rings (SSSR count). The number of amides is 1. The van der Waals surface area contributed by atoms with Crippen molar-refractivity contribution in [2.45, 2.75) is 103 Å². The molecule has 42 heavy (non-hydrogen) atoms. The van der Waals surface area contributed by atoms with E-state index in [9.17, 15) is 4.79 Å². The summed E-state index contributed by atoms with van der Waals surface area (Å²) in [5.41, 5.74) is 1.27. The van der Waals surface area contributed by atoms with Gasteiger partial charge < -0.3 is 35.2 Å². The van der Waals surface area contributed by atoms with Gasteiger partial charge in [0, 0.05) is 45.0 Å². The van der Waals surface area contributed by atoms with Crippen molar-refractivity contribution < 1.29 is 24.5 Å². The van der Waals surface area contributed by atoms with Gasteiger partial charge in [0.1, 0.15) is 0 Å². The van der Waals surface area contributed by atoms with Crippen LogP contribution in [0.2, 0.25) is 0 Å². The van der Waals surface area contributed by atoms with Gasteiger partial charge >= 0.3 is 0 Å². The van der Waals surface area contributed by atoms with Crippen molar-refractivity contribution >= 4 is 11.6 Å². The molecule has 0 saturated carbocycles. The maximum atomic E-state index is 11.7. The van der Waals surface area contributed by atoms with Gasteiger partial charge in [-0.25, -0.2) is 0 Å². The minimum atomic E-state index is 0.0227. The summed E-state index contributed by atoms with van der Waals surface area (Å²) in [7, 11) is 0. The highest BCUT2D eigenvalue weighted by Crippen LogP contribution is 2.15. The second-order valence-electron chi connectivity index (χ2n) is 11.1. The first-order valence-electron chi connectivity index (χ1n) is 16.9. The van der Waals surface area contributed by atoms with Crippen LogP contribution in [0, 0.1) is 0 Å². The first-order valence-corrected chi connectivity index (χ1v) is 16.9. The number of hydrogen-bond acceptors (Lipinski definition) is 7. The van der Waals surface area contributed by atoms with Gasteiger partial charge in [0.15, 0.2) is 0 Å². The number of benzene rings is 1. The molecule has 0 spiro atoms. The van der Waals surface area contributed by atoms with Gasteiger partial charge in [0.2, 0.25) is 5.91 Å². The lowest BCUT2D eigenvalue weighted by Gasteiger charge is -2.25. The number of rotatable bonds is 32. The molecule has 1 aromatic rings. The molecule has 0 bridgehead atoms. The standard InChI is InChI=1S/C34H63N3O5/c38-27-18-29-41-31-26-37(33-19-12-11-13-20-33)25-17-10-6-5-9-16-23-35-22-15-8-4-2-1-3-7-14-21-34(40)36-24-30-42-32-28-39/h11-13,19-20,35,38-39H,1-10,14-18,21-32H2,(H,36,40). The Morgan fingerprint density at radius 1 is 0.595 bits per heavy atom. The van der Waals surface area contributed by atoms with Crippen LogP contribution in [0.15, 0.2) is 30.3 Å². The Morgan fingerprint density at radius 3 is 1.83 bits per heavy atom. The molecule has 0 aliphatic carbocycles. The van der Waals surface area contributed by atoms with Crippen molar-refractivity contribution in [1.82, 2.24) is 10.6 Å². The van der Waals surface area contributed by atoms with E-state index in [4.69, 9.17) is 19.7 Å². The molecule has 0 fully saturated rings. The third-order valence-electron chi connectivity index (χ3n) is 7.42. The Morgan fingerprint density at radius 2 is 1.19 bits per heavy atom. The zero-order valence-corrected chi connectivity index (χ0v) is 26.5. The minimum Gasteiger partial charge on any atom is -0.396 e. The fourth-order valence-electron chi connectivity index (χ4n) is 4.95. The molecule has 1 aromatic carbocycles. The number of nitrogens with one attached hydrogen (secondary N) is 2. The van der Waals surface area contributed by atoms with Crippen LogP contribution in [0.5, 0.6) is 0 Å². The number of carbonyl (C=O) groups is 1. The zero-order valence-electron chi connectivity index (χ0n) is 26.5. The lowest BCUT2D eigenvalue weighted by molar-refractivity contribution is -0.121. The Labute approximate surface area is 256 Å². The van der Waals surface area contributed by atoms with Crippen molar-refractivity contribution in [2.75, 3.05) is 77.3 Å². The third kappa shape index (κ3) is 24.8. The summed E-state index contributed by atoms with van der Waals surface area (Å²) in [5, 5.41) is 24.0. The highest BCUT2D eigenvalue weighted by atomic mass is 16.5. The first kappa shape index (κ1) is 38.3. The maximum Gasteiger partial charge on any atom is 0.220 e. The molecule has 0 aliphatic rings. The van der Waals surface area contributed by atoms with E-state index in [0.717, 1.165) is 39.0 Å². The fourth-order valence-corrected chi connectivity index (χ4v) is 4.95. The van der Waals surface area contributed by atoms with E-state index in [2.05, 4.69) is 45.9 Å². The van der Waals surface area contributed by atoms with Crippen molar-refractivity contribution in [3.8, 4) is 0 Å². The molecule has 8 nitrogen and oxygen atoms in total. The maximum absolute atomic E-state index is 11.7. The van der Waals surface area contributed by atoms with Gasteiger partial charge in [-0.2, -0.15) is 0 Å². The highest BCUT2D eigenvalue weighted by molar-refractivity contribution is 5.75. The van der Waals surface area contributed by atoms with Crippen LogP contribution in [0.1, 0.15) is 103 Å². The lowest BCUT2D eigenvalue weighted by Crippen LogP contribution is -2.28. The Hall–Kier alpha value is -1.71. The summed E-state index contributed by atoms with van der Waals surface area (Å²) >= 11 is 0. The molecule has 8 heteroatoms. The number of carbonyl (C=O) groups excluding carboxylic acids is 1. The quantitative estimate of drug-likeness (QED) is 0.0823. The third-order valence-corrected chi connectivity index (χ3v) is 7.42. The van der Waals surface area contributed by atoms with E-state index in [1.165, 1.54) is 82.7 Å². The zero-order chi connectivity index (χ0) is 30.2. The molecule has 0 unspecified atom stereocenters. The van der Waals surface area contributed by atoms with Crippen LogP contribution in [0.3, 0.4) is 0 Å². The molecule has 4 N–H and O–H groups in total. The highest BCUT2D eigenvalue weighted by Gasteiger charge is 2.06. The SMILES string of the molecule is O=C(CCCCCCCCCCNCCCCCCCCN(CCOCCCO)c1ccccc1)NCCOCCO. The molecular weight excluding hydrogens is 530 g/mol. The largest absolute Gasteiger partial charge is 0.396 e. The van der Waals surface area contributed by atoms with E-state index in [0.29, 0.717) is 45.8 Å². The van der Waals surface area contributed by atoms with Gasteiger partial charge in [-0.15, -0.1) is 0 Å². The van der Waals surface area contributed by atoms with Crippen LogP contribution in [-0.2, 0) is 14.3 Å². The number of ether oxygens (including phenoxy) is 2. The average Bonchev–Trinajstić information content (AvgIpc) is 3.01. The number of aliphatic hydroxyl groups is 2. The molecular formula is C34H63N3O5. The monoisotopic (exact) mass is 593 g/mol. The number of unbranched alkanes of at least 4 members (excludes halogenated alkanes) is 12. The van der Waals surface area contributed by atoms with Crippen LogP contribution in [0.25, 0.3) is 0 Å². The van der Waals surface area contributed by atoms with Crippen LogP contribution in [-0.4, -0.2) is 88.5 Å². The molecule has 0 saturated heterocycles. The van der Waals surface area contributed by atoms with E-state index < -0.39 is 0 Å². The number of aliphatic hydroxyl groups excluding tert-OH is 2. The summed E-state index contributed by atoms with van der Waals surface area (Å²) in [6.45, 7) is 7.11. The first-order chi connectivity index (χ1) is 20.8. The lowest BCUT2D eigenvalue weighted by atomic mass is 10.1. The Kier molecular flexibility index (Phi) is 28.0. The Balaban J connectivity index is 1.84. The van der Waals surface area contributed by atoms with Gasteiger partial charge in [-0.05, 0) is 57.3 Å². The molecule has 0 atom stereocenters. The molecule has 244 valence electrons.